The predicted molar refractivity (Wildman–Crippen MR) is 64.2 cm³/mol. The van der Waals surface area contributed by atoms with Crippen molar-refractivity contribution in [1.82, 2.24) is 5.32 Å². The Morgan fingerprint density at radius 3 is 2.62 bits per heavy atom. The summed E-state index contributed by atoms with van der Waals surface area (Å²) in [5.41, 5.74) is 0.146. The van der Waals surface area contributed by atoms with Gasteiger partial charge in [-0.3, -0.25) is 4.79 Å². The quantitative estimate of drug-likeness (QED) is 0.619. The number of hydrogen-bond acceptors (Lipinski definition) is 4. The third-order valence-electron chi connectivity index (χ3n) is 2.64. The normalized spacial score (nSPS) is 13.6. The van der Waals surface area contributed by atoms with Gasteiger partial charge in [0.2, 0.25) is 0 Å². The molecule has 1 unspecified atom stereocenters. The monoisotopic (exact) mass is 231 g/mol. The lowest BCUT2D eigenvalue weighted by Crippen LogP contribution is -2.36. The summed E-state index contributed by atoms with van der Waals surface area (Å²) in [4.78, 5) is 11.0. The SMILES string of the molecule is COC(=O)CC(C)NCC(C)(C)CCCO. The fraction of sp³-hybridized carbons (Fsp3) is 0.917. The van der Waals surface area contributed by atoms with E-state index in [9.17, 15) is 4.79 Å². The second-order valence-corrected chi connectivity index (χ2v) is 5.05. The average Bonchev–Trinajstić information content (AvgIpc) is 2.24. The van der Waals surface area contributed by atoms with Crippen molar-refractivity contribution in [3.63, 3.8) is 0 Å². The Balaban J connectivity index is 3.80. The van der Waals surface area contributed by atoms with Gasteiger partial charge < -0.3 is 15.2 Å². The van der Waals surface area contributed by atoms with Crippen molar-refractivity contribution >= 4 is 5.97 Å². The van der Waals surface area contributed by atoms with E-state index in [4.69, 9.17) is 5.11 Å². The van der Waals surface area contributed by atoms with Crippen LogP contribution < -0.4 is 5.32 Å². The topological polar surface area (TPSA) is 58.6 Å². The van der Waals surface area contributed by atoms with Crippen LogP contribution in [0.1, 0.15) is 40.0 Å². The van der Waals surface area contributed by atoms with Gasteiger partial charge in [0.05, 0.1) is 13.5 Å². The van der Waals surface area contributed by atoms with Gasteiger partial charge in [-0.2, -0.15) is 0 Å². The largest absolute Gasteiger partial charge is 0.469 e. The molecule has 1 atom stereocenters. The van der Waals surface area contributed by atoms with E-state index in [-0.39, 0.29) is 24.0 Å². The molecule has 0 aliphatic heterocycles. The van der Waals surface area contributed by atoms with Crippen LogP contribution in [0.15, 0.2) is 0 Å². The minimum absolute atomic E-state index is 0.126. The van der Waals surface area contributed by atoms with Crippen LogP contribution in [-0.4, -0.2) is 37.4 Å². The summed E-state index contributed by atoms with van der Waals surface area (Å²) in [6.07, 6.45) is 2.19. The standard InChI is InChI=1S/C12H25NO3/c1-10(8-11(15)16-4)13-9-12(2,3)6-5-7-14/h10,13-14H,5-9H2,1-4H3. The zero-order chi connectivity index (χ0) is 12.6. The van der Waals surface area contributed by atoms with Gasteiger partial charge in [-0.15, -0.1) is 0 Å². The van der Waals surface area contributed by atoms with E-state index in [0.717, 1.165) is 19.4 Å². The molecule has 0 radical (unpaired) electrons. The summed E-state index contributed by atoms with van der Waals surface area (Å²) in [5, 5.41) is 12.1. The summed E-state index contributed by atoms with van der Waals surface area (Å²) in [6.45, 7) is 7.35. The van der Waals surface area contributed by atoms with E-state index in [2.05, 4.69) is 23.9 Å². The van der Waals surface area contributed by atoms with E-state index in [1.807, 2.05) is 6.92 Å². The number of aliphatic hydroxyl groups excluding tert-OH is 1. The fourth-order valence-electron chi connectivity index (χ4n) is 1.50. The Labute approximate surface area is 98.4 Å². The Morgan fingerprint density at radius 2 is 2.12 bits per heavy atom. The molecule has 0 aromatic carbocycles. The molecule has 2 N–H and O–H groups in total. The van der Waals surface area contributed by atoms with Crippen LogP contribution >= 0.6 is 0 Å². The third-order valence-corrected chi connectivity index (χ3v) is 2.64. The lowest BCUT2D eigenvalue weighted by molar-refractivity contribution is -0.141. The molecule has 0 fully saturated rings. The average molecular weight is 231 g/mol. The van der Waals surface area contributed by atoms with Crippen LogP contribution in [0.3, 0.4) is 0 Å². The molecule has 0 aliphatic carbocycles. The zero-order valence-electron chi connectivity index (χ0n) is 10.9. The van der Waals surface area contributed by atoms with Crippen molar-refractivity contribution in [3.05, 3.63) is 0 Å². The number of carbonyl (C=O) groups is 1. The van der Waals surface area contributed by atoms with Crippen molar-refractivity contribution in [3.8, 4) is 0 Å². The maximum atomic E-state index is 11.0. The first-order chi connectivity index (χ1) is 7.41. The Kier molecular flexibility index (Phi) is 7.34. The second kappa shape index (κ2) is 7.63. The number of nitrogens with one attached hydrogen (secondary N) is 1. The van der Waals surface area contributed by atoms with Crippen LogP contribution in [0.4, 0.5) is 0 Å². The van der Waals surface area contributed by atoms with Crippen molar-refractivity contribution in [2.75, 3.05) is 20.3 Å². The summed E-state index contributed by atoms with van der Waals surface area (Å²) in [6, 6.07) is 0.126. The first-order valence-corrected chi connectivity index (χ1v) is 5.82. The highest BCUT2D eigenvalue weighted by molar-refractivity contribution is 5.69. The molecule has 0 saturated carbocycles. The predicted octanol–water partition coefficient (Wildman–Crippen LogP) is 1.33. The number of aliphatic hydroxyl groups is 1. The molecule has 0 aliphatic rings. The number of rotatable bonds is 8. The van der Waals surface area contributed by atoms with Crippen molar-refractivity contribution in [2.45, 2.75) is 46.1 Å². The molecule has 0 saturated heterocycles. The number of methoxy groups -OCH3 is 1. The molecule has 16 heavy (non-hydrogen) atoms. The molecular formula is C12H25NO3. The molecule has 0 spiro atoms. The summed E-state index contributed by atoms with van der Waals surface area (Å²) >= 11 is 0. The maximum absolute atomic E-state index is 11.0. The van der Waals surface area contributed by atoms with E-state index in [1.165, 1.54) is 7.11 Å². The summed E-state index contributed by atoms with van der Waals surface area (Å²) in [7, 11) is 1.40. The van der Waals surface area contributed by atoms with Gasteiger partial charge in [0.1, 0.15) is 0 Å². The van der Waals surface area contributed by atoms with E-state index >= 15 is 0 Å². The minimum atomic E-state index is -0.187. The second-order valence-electron chi connectivity index (χ2n) is 5.05. The lowest BCUT2D eigenvalue weighted by atomic mass is 9.87. The van der Waals surface area contributed by atoms with Gasteiger partial charge in [-0.25, -0.2) is 0 Å². The first-order valence-electron chi connectivity index (χ1n) is 5.82. The summed E-state index contributed by atoms with van der Waals surface area (Å²) in [5.74, 6) is -0.187. The number of ether oxygens (including phenoxy) is 1. The Hall–Kier alpha value is -0.610. The van der Waals surface area contributed by atoms with Gasteiger partial charge in [0, 0.05) is 19.2 Å². The number of carbonyl (C=O) groups excluding carboxylic acids is 1. The molecule has 0 rings (SSSR count). The van der Waals surface area contributed by atoms with Gasteiger partial charge in [-0.1, -0.05) is 13.8 Å². The zero-order valence-corrected chi connectivity index (χ0v) is 10.9. The van der Waals surface area contributed by atoms with Gasteiger partial charge in [-0.05, 0) is 25.2 Å². The third kappa shape index (κ3) is 7.65. The van der Waals surface area contributed by atoms with Crippen LogP contribution in [0.5, 0.6) is 0 Å². The molecule has 4 nitrogen and oxygen atoms in total. The van der Waals surface area contributed by atoms with Crippen LogP contribution in [0, 0.1) is 5.41 Å². The highest BCUT2D eigenvalue weighted by Gasteiger charge is 2.18. The Morgan fingerprint density at radius 1 is 1.50 bits per heavy atom. The van der Waals surface area contributed by atoms with Crippen LogP contribution in [0.25, 0.3) is 0 Å². The minimum Gasteiger partial charge on any atom is -0.469 e. The van der Waals surface area contributed by atoms with E-state index in [0.29, 0.717) is 6.42 Å². The van der Waals surface area contributed by atoms with Gasteiger partial charge >= 0.3 is 5.97 Å². The van der Waals surface area contributed by atoms with Crippen molar-refractivity contribution in [1.29, 1.82) is 0 Å². The number of esters is 1. The summed E-state index contributed by atoms with van der Waals surface area (Å²) < 4.78 is 4.61. The Bertz CT molecular complexity index is 204. The molecule has 0 amide bonds. The molecule has 0 heterocycles. The lowest BCUT2D eigenvalue weighted by Gasteiger charge is -2.26. The van der Waals surface area contributed by atoms with E-state index < -0.39 is 0 Å². The molecule has 96 valence electrons. The first kappa shape index (κ1) is 15.4. The maximum Gasteiger partial charge on any atom is 0.307 e. The van der Waals surface area contributed by atoms with Crippen LogP contribution in [0.2, 0.25) is 0 Å². The molecule has 0 bridgehead atoms. The van der Waals surface area contributed by atoms with Crippen molar-refractivity contribution < 1.29 is 14.6 Å². The van der Waals surface area contributed by atoms with Gasteiger partial charge in [0.15, 0.2) is 0 Å². The molecule has 4 heteroatoms. The highest BCUT2D eigenvalue weighted by atomic mass is 16.5. The number of hydrogen-bond donors (Lipinski definition) is 2. The van der Waals surface area contributed by atoms with Gasteiger partial charge in [0.25, 0.3) is 0 Å². The molecular weight excluding hydrogens is 206 g/mol. The molecule has 0 aromatic rings. The van der Waals surface area contributed by atoms with Crippen LogP contribution in [-0.2, 0) is 9.53 Å². The van der Waals surface area contributed by atoms with Crippen molar-refractivity contribution in [2.24, 2.45) is 5.41 Å². The highest BCUT2D eigenvalue weighted by Crippen LogP contribution is 2.21. The molecule has 0 aromatic heterocycles. The fourth-order valence-corrected chi connectivity index (χ4v) is 1.50. The smallest absolute Gasteiger partial charge is 0.307 e. The van der Waals surface area contributed by atoms with E-state index in [1.54, 1.807) is 0 Å².